The summed E-state index contributed by atoms with van der Waals surface area (Å²) in [5.74, 6) is -0.429. The molecule has 2 heterocycles. The van der Waals surface area contributed by atoms with Crippen molar-refractivity contribution in [3.63, 3.8) is 0 Å². The number of fused-ring (bicyclic) bond motifs is 1. The zero-order valence-corrected chi connectivity index (χ0v) is 10.9. The Morgan fingerprint density at radius 1 is 1.42 bits per heavy atom. The summed E-state index contributed by atoms with van der Waals surface area (Å²) in [6.07, 6.45) is 1.46. The summed E-state index contributed by atoms with van der Waals surface area (Å²) < 4.78 is 15.4. The molecule has 0 radical (unpaired) electrons. The first kappa shape index (κ1) is 12.0. The second kappa shape index (κ2) is 4.55. The number of hydrogen-bond acceptors (Lipinski definition) is 4. The van der Waals surface area contributed by atoms with E-state index in [1.807, 2.05) is 6.92 Å². The second-order valence-corrected chi connectivity index (χ2v) is 5.14. The molecule has 0 unspecified atom stereocenters. The molecule has 0 amide bonds. The molecule has 1 aromatic carbocycles. The minimum atomic E-state index is -0.298. The standard InChI is InChI=1S/C13H10FN3OS/c1-2-17-10(7-15-16-17)13(18)12-5-8-3-4-9(14)6-11(8)19-12/h3-7H,2H2,1H3. The van der Waals surface area contributed by atoms with E-state index in [9.17, 15) is 9.18 Å². The van der Waals surface area contributed by atoms with Gasteiger partial charge in [-0.15, -0.1) is 16.4 Å². The van der Waals surface area contributed by atoms with Crippen LogP contribution in [0.15, 0.2) is 30.5 Å². The summed E-state index contributed by atoms with van der Waals surface area (Å²) in [7, 11) is 0. The molecule has 3 aromatic rings. The van der Waals surface area contributed by atoms with Crippen molar-refractivity contribution >= 4 is 27.2 Å². The van der Waals surface area contributed by atoms with E-state index in [-0.39, 0.29) is 11.6 Å². The number of carbonyl (C=O) groups is 1. The van der Waals surface area contributed by atoms with Crippen LogP contribution in [-0.4, -0.2) is 20.8 Å². The molecule has 4 nitrogen and oxygen atoms in total. The Hall–Kier alpha value is -2.08. The van der Waals surface area contributed by atoms with E-state index >= 15 is 0 Å². The van der Waals surface area contributed by atoms with Gasteiger partial charge in [-0.3, -0.25) is 4.79 Å². The normalized spacial score (nSPS) is 11.1. The van der Waals surface area contributed by atoms with Gasteiger partial charge in [-0.1, -0.05) is 11.3 Å². The maximum Gasteiger partial charge on any atom is 0.222 e. The van der Waals surface area contributed by atoms with Crippen molar-refractivity contribution < 1.29 is 9.18 Å². The van der Waals surface area contributed by atoms with Crippen LogP contribution in [0.5, 0.6) is 0 Å². The maximum atomic E-state index is 13.1. The van der Waals surface area contributed by atoms with Gasteiger partial charge in [0.05, 0.1) is 11.1 Å². The topological polar surface area (TPSA) is 47.8 Å². The van der Waals surface area contributed by atoms with Crippen LogP contribution >= 0.6 is 11.3 Å². The molecule has 2 aromatic heterocycles. The Morgan fingerprint density at radius 2 is 2.26 bits per heavy atom. The Kier molecular flexibility index (Phi) is 2.87. The molecular formula is C13H10FN3OS. The lowest BCUT2D eigenvalue weighted by molar-refractivity contribution is 0.103. The molecule has 0 aliphatic carbocycles. The summed E-state index contributed by atoms with van der Waals surface area (Å²) in [6.45, 7) is 2.48. The SMILES string of the molecule is CCn1nncc1C(=O)c1cc2ccc(F)cc2s1. The van der Waals surface area contributed by atoms with Gasteiger partial charge in [-0.2, -0.15) is 0 Å². The fraction of sp³-hybridized carbons (Fsp3) is 0.154. The number of thiophene rings is 1. The van der Waals surface area contributed by atoms with Crippen LogP contribution in [0.1, 0.15) is 22.3 Å². The van der Waals surface area contributed by atoms with Crippen LogP contribution in [-0.2, 0) is 6.54 Å². The van der Waals surface area contributed by atoms with Crippen molar-refractivity contribution in [3.05, 3.63) is 46.9 Å². The fourth-order valence-electron chi connectivity index (χ4n) is 1.91. The lowest BCUT2D eigenvalue weighted by Gasteiger charge is -1.99. The third-order valence-electron chi connectivity index (χ3n) is 2.86. The number of hydrogen-bond donors (Lipinski definition) is 0. The zero-order valence-electron chi connectivity index (χ0n) is 10.1. The quantitative estimate of drug-likeness (QED) is 0.690. The molecule has 3 rings (SSSR count). The minimum absolute atomic E-state index is 0.131. The molecule has 0 atom stereocenters. The van der Waals surface area contributed by atoms with Crippen molar-refractivity contribution in [2.75, 3.05) is 0 Å². The minimum Gasteiger partial charge on any atom is -0.286 e. The van der Waals surface area contributed by atoms with Gasteiger partial charge in [0.15, 0.2) is 0 Å². The van der Waals surface area contributed by atoms with Gasteiger partial charge >= 0.3 is 0 Å². The van der Waals surface area contributed by atoms with Crippen LogP contribution in [0, 0.1) is 5.82 Å². The number of aromatic nitrogens is 3. The molecule has 0 saturated heterocycles. The smallest absolute Gasteiger partial charge is 0.222 e. The van der Waals surface area contributed by atoms with E-state index in [4.69, 9.17) is 0 Å². The first-order valence-electron chi connectivity index (χ1n) is 5.81. The predicted molar refractivity (Wildman–Crippen MR) is 70.9 cm³/mol. The third kappa shape index (κ3) is 2.04. The Morgan fingerprint density at radius 3 is 3.05 bits per heavy atom. The lowest BCUT2D eigenvalue weighted by Crippen LogP contribution is -2.09. The Bertz CT molecular complexity index is 762. The van der Waals surface area contributed by atoms with Gasteiger partial charge in [-0.05, 0) is 30.5 Å². The van der Waals surface area contributed by atoms with Crippen molar-refractivity contribution in [1.82, 2.24) is 15.0 Å². The number of halogens is 1. The van der Waals surface area contributed by atoms with Crippen LogP contribution in [0.4, 0.5) is 4.39 Å². The van der Waals surface area contributed by atoms with E-state index in [2.05, 4.69) is 10.3 Å². The van der Waals surface area contributed by atoms with E-state index in [1.165, 1.54) is 29.7 Å². The lowest BCUT2D eigenvalue weighted by atomic mass is 10.2. The number of carbonyl (C=O) groups excluding carboxylic acids is 1. The fourth-order valence-corrected chi connectivity index (χ4v) is 2.95. The highest BCUT2D eigenvalue weighted by Crippen LogP contribution is 2.27. The van der Waals surface area contributed by atoms with E-state index in [0.717, 1.165) is 10.1 Å². The average Bonchev–Trinajstić information content (AvgIpc) is 3.03. The van der Waals surface area contributed by atoms with Crippen LogP contribution in [0.2, 0.25) is 0 Å². The van der Waals surface area contributed by atoms with Gasteiger partial charge in [0.1, 0.15) is 11.5 Å². The van der Waals surface area contributed by atoms with Crippen molar-refractivity contribution in [1.29, 1.82) is 0 Å². The monoisotopic (exact) mass is 275 g/mol. The zero-order chi connectivity index (χ0) is 13.4. The van der Waals surface area contributed by atoms with Crippen molar-refractivity contribution in [3.8, 4) is 0 Å². The van der Waals surface area contributed by atoms with Gasteiger partial charge in [-0.25, -0.2) is 9.07 Å². The highest BCUT2D eigenvalue weighted by Gasteiger charge is 2.17. The van der Waals surface area contributed by atoms with E-state index in [1.54, 1.807) is 16.8 Å². The predicted octanol–water partition coefficient (Wildman–Crippen LogP) is 2.88. The molecule has 0 saturated carbocycles. The van der Waals surface area contributed by atoms with E-state index < -0.39 is 0 Å². The first-order valence-corrected chi connectivity index (χ1v) is 6.63. The first-order chi connectivity index (χ1) is 9.19. The highest BCUT2D eigenvalue weighted by atomic mass is 32.1. The number of aryl methyl sites for hydroxylation is 1. The summed E-state index contributed by atoms with van der Waals surface area (Å²) in [4.78, 5) is 12.9. The molecule has 96 valence electrons. The van der Waals surface area contributed by atoms with Gasteiger partial charge in [0.25, 0.3) is 0 Å². The number of benzene rings is 1. The van der Waals surface area contributed by atoms with Crippen molar-refractivity contribution in [2.24, 2.45) is 0 Å². The van der Waals surface area contributed by atoms with Gasteiger partial charge < -0.3 is 0 Å². The molecule has 6 heteroatoms. The molecular weight excluding hydrogens is 265 g/mol. The number of nitrogens with zero attached hydrogens (tertiary/aromatic N) is 3. The highest BCUT2D eigenvalue weighted by molar-refractivity contribution is 7.21. The largest absolute Gasteiger partial charge is 0.286 e. The Labute approximate surface area is 112 Å². The summed E-state index contributed by atoms with van der Waals surface area (Å²) in [5, 5.41) is 8.45. The molecule has 0 aliphatic rings. The Balaban J connectivity index is 2.07. The second-order valence-electron chi connectivity index (χ2n) is 4.06. The summed E-state index contributed by atoms with van der Waals surface area (Å²) >= 11 is 1.28. The van der Waals surface area contributed by atoms with Gasteiger partial charge in [0, 0.05) is 11.2 Å². The van der Waals surface area contributed by atoms with E-state index in [0.29, 0.717) is 17.1 Å². The summed E-state index contributed by atoms with van der Waals surface area (Å²) in [6, 6.07) is 6.27. The average molecular weight is 275 g/mol. The van der Waals surface area contributed by atoms with Crippen LogP contribution in [0.3, 0.4) is 0 Å². The maximum absolute atomic E-state index is 13.1. The van der Waals surface area contributed by atoms with Crippen LogP contribution in [0.25, 0.3) is 10.1 Å². The van der Waals surface area contributed by atoms with Crippen LogP contribution < -0.4 is 0 Å². The molecule has 0 spiro atoms. The molecule has 0 fully saturated rings. The molecule has 19 heavy (non-hydrogen) atoms. The molecule has 0 N–H and O–H groups in total. The van der Waals surface area contributed by atoms with Crippen molar-refractivity contribution in [2.45, 2.75) is 13.5 Å². The number of rotatable bonds is 3. The third-order valence-corrected chi connectivity index (χ3v) is 3.95. The number of ketones is 1. The summed E-state index contributed by atoms with van der Waals surface area (Å²) in [5.41, 5.74) is 0.453. The molecule has 0 aliphatic heterocycles. The van der Waals surface area contributed by atoms with Gasteiger partial charge in [0.2, 0.25) is 5.78 Å². The molecule has 0 bridgehead atoms.